The summed E-state index contributed by atoms with van der Waals surface area (Å²) in [4.78, 5) is 32.9. The van der Waals surface area contributed by atoms with Gasteiger partial charge < -0.3 is 14.2 Å². The van der Waals surface area contributed by atoms with Crippen molar-refractivity contribution < 1.29 is 19.0 Å². The van der Waals surface area contributed by atoms with Crippen molar-refractivity contribution >= 4 is 23.4 Å². The molecule has 242 valence electrons. The van der Waals surface area contributed by atoms with Crippen LogP contribution in [0.25, 0.3) is 23.0 Å². The minimum absolute atomic E-state index is 0.0321. The van der Waals surface area contributed by atoms with Gasteiger partial charge in [0.15, 0.2) is 4.80 Å². The average Bonchev–Trinajstić information content (AvgIpc) is 3.66. The Morgan fingerprint density at radius 2 is 1.75 bits per heavy atom. The summed E-state index contributed by atoms with van der Waals surface area (Å²) in [6.45, 7) is 11.6. The molecule has 1 aliphatic rings. The molecule has 0 amide bonds. The first kappa shape index (κ1) is 32.2. The Hall–Kier alpha value is -5.74. The molecular weight excluding hydrogens is 625 g/mol. The number of fused-ring (bicyclic) bond motifs is 1. The van der Waals surface area contributed by atoms with E-state index in [2.05, 4.69) is 13.2 Å². The summed E-state index contributed by atoms with van der Waals surface area (Å²) in [5.74, 6) is 0.849. The number of carbonyl (C=O) groups excluding carboxylic acids is 1. The van der Waals surface area contributed by atoms with Gasteiger partial charge in [-0.15, -0.1) is 0 Å². The van der Waals surface area contributed by atoms with Crippen LogP contribution in [0.3, 0.4) is 0 Å². The zero-order valence-electron chi connectivity index (χ0n) is 26.9. The standard InChI is InChI=1S/C38H34N4O5S/c1-6-19-46-31-18-15-27(21-24(31)3)34-28(23-41(40-34)29-11-9-8-10-12-29)22-32-36(43)42-35(26-13-16-30(45-5)17-14-26)33(37(44)47-20-7-2)25(4)39-38(42)48-32/h6-18,21-23,35H,1-2,19-20H2,3-5H3/b32-22-. The molecule has 0 N–H and O–H groups in total. The number of para-hydroxylation sites is 1. The van der Waals surface area contributed by atoms with Crippen LogP contribution in [0.4, 0.5) is 0 Å². The van der Waals surface area contributed by atoms with Crippen LogP contribution in [0.1, 0.15) is 29.7 Å². The number of esters is 1. The van der Waals surface area contributed by atoms with Crippen LogP contribution in [0.5, 0.6) is 11.5 Å². The van der Waals surface area contributed by atoms with Crippen LogP contribution in [0, 0.1) is 6.92 Å². The molecule has 1 unspecified atom stereocenters. The largest absolute Gasteiger partial charge is 0.497 e. The quantitative estimate of drug-likeness (QED) is 0.134. The summed E-state index contributed by atoms with van der Waals surface area (Å²) in [7, 11) is 1.58. The lowest BCUT2D eigenvalue weighted by molar-refractivity contribution is -0.138. The summed E-state index contributed by atoms with van der Waals surface area (Å²) < 4.78 is 20.4. The van der Waals surface area contributed by atoms with Crippen molar-refractivity contribution in [3.63, 3.8) is 0 Å². The Bertz CT molecular complexity index is 2230. The van der Waals surface area contributed by atoms with E-state index in [9.17, 15) is 9.59 Å². The van der Waals surface area contributed by atoms with E-state index < -0.39 is 12.0 Å². The molecule has 3 aromatic carbocycles. The van der Waals surface area contributed by atoms with Crippen molar-refractivity contribution in [3.8, 4) is 28.4 Å². The lowest BCUT2D eigenvalue weighted by Crippen LogP contribution is -2.39. The van der Waals surface area contributed by atoms with Crippen molar-refractivity contribution in [1.29, 1.82) is 0 Å². The summed E-state index contributed by atoms with van der Waals surface area (Å²) in [6.07, 6.45) is 6.95. The van der Waals surface area contributed by atoms with Crippen LogP contribution in [-0.2, 0) is 9.53 Å². The maximum atomic E-state index is 14.4. The van der Waals surface area contributed by atoms with Crippen LogP contribution in [0.15, 0.2) is 125 Å². The Balaban J connectivity index is 1.53. The molecule has 5 aromatic rings. The molecule has 0 saturated carbocycles. The van der Waals surface area contributed by atoms with E-state index in [1.165, 1.54) is 17.4 Å². The molecule has 0 spiro atoms. The first-order chi connectivity index (χ1) is 23.3. The van der Waals surface area contributed by atoms with Gasteiger partial charge in [-0.2, -0.15) is 5.10 Å². The number of hydrogen-bond donors (Lipinski definition) is 0. The lowest BCUT2D eigenvalue weighted by atomic mass is 9.96. The number of nitrogens with zero attached hydrogens (tertiary/aromatic N) is 4. The summed E-state index contributed by atoms with van der Waals surface area (Å²) in [5, 5.41) is 4.96. The number of hydrogen-bond acceptors (Lipinski definition) is 8. The fourth-order valence-electron chi connectivity index (χ4n) is 5.58. The molecule has 0 bridgehead atoms. The number of thiazole rings is 1. The van der Waals surface area contributed by atoms with Crippen LogP contribution in [-0.4, -0.2) is 40.6 Å². The molecule has 1 atom stereocenters. The van der Waals surface area contributed by atoms with Crippen molar-refractivity contribution in [2.24, 2.45) is 4.99 Å². The first-order valence-electron chi connectivity index (χ1n) is 15.3. The maximum absolute atomic E-state index is 14.4. The Labute approximate surface area is 281 Å². The SMILES string of the molecule is C=CCOC(=O)C1=C(C)N=c2s/c(=C\c3cn(-c4ccccc4)nc3-c3ccc(OCC=C)c(C)c3)c(=O)n2C1c1ccc(OC)cc1. The van der Waals surface area contributed by atoms with Gasteiger partial charge in [-0.25, -0.2) is 14.5 Å². The van der Waals surface area contributed by atoms with Crippen molar-refractivity contribution in [2.45, 2.75) is 19.9 Å². The highest BCUT2D eigenvalue weighted by atomic mass is 32.1. The molecule has 2 aromatic heterocycles. The summed E-state index contributed by atoms with van der Waals surface area (Å²) in [5.41, 5.74) is 5.31. The van der Waals surface area contributed by atoms with Crippen LogP contribution in [0.2, 0.25) is 0 Å². The van der Waals surface area contributed by atoms with Gasteiger partial charge in [0, 0.05) is 17.3 Å². The second-order valence-corrected chi connectivity index (χ2v) is 12.0. The molecule has 0 aliphatic carbocycles. The molecule has 6 rings (SSSR count). The number of allylic oxidation sites excluding steroid dienone is 1. The van der Waals surface area contributed by atoms with Gasteiger partial charge >= 0.3 is 5.97 Å². The predicted octanol–water partition coefficient (Wildman–Crippen LogP) is 5.70. The van der Waals surface area contributed by atoms with Crippen molar-refractivity contribution in [3.05, 3.63) is 152 Å². The third-order valence-electron chi connectivity index (χ3n) is 7.86. The number of aryl methyl sites for hydroxylation is 1. The molecule has 48 heavy (non-hydrogen) atoms. The number of aromatic nitrogens is 3. The Morgan fingerprint density at radius 1 is 1.00 bits per heavy atom. The van der Waals surface area contributed by atoms with Gasteiger partial charge in [-0.3, -0.25) is 9.36 Å². The highest BCUT2D eigenvalue weighted by Crippen LogP contribution is 2.32. The average molecular weight is 659 g/mol. The van der Waals surface area contributed by atoms with E-state index in [-0.39, 0.29) is 17.7 Å². The normalized spacial score (nSPS) is 14.2. The zero-order chi connectivity index (χ0) is 33.8. The fraction of sp³-hybridized carbons (Fsp3) is 0.158. The van der Waals surface area contributed by atoms with E-state index in [4.69, 9.17) is 24.3 Å². The van der Waals surface area contributed by atoms with Crippen molar-refractivity contribution in [1.82, 2.24) is 14.3 Å². The molecule has 0 saturated heterocycles. The van der Waals surface area contributed by atoms with Gasteiger partial charge in [-0.1, -0.05) is 67.0 Å². The lowest BCUT2D eigenvalue weighted by Gasteiger charge is -2.24. The Kier molecular flexibility index (Phi) is 9.36. The number of benzene rings is 3. The van der Waals surface area contributed by atoms with Crippen LogP contribution >= 0.6 is 11.3 Å². The minimum Gasteiger partial charge on any atom is -0.497 e. The molecule has 3 heterocycles. The topological polar surface area (TPSA) is 96.9 Å². The Morgan fingerprint density at radius 3 is 2.44 bits per heavy atom. The van der Waals surface area contributed by atoms with E-state index in [1.807, 2.05) is 79.9 Å². The summed E-state index contributed by atoms with van der Waals surface area (Å²) in [6, 6.07) is 22.2. The molecule has 10 heteroatoms. The van der Waals surface area contributed by atoms with E-state index >= 15 is 0 Å². The van der Waals surface area contributed by atoms with Gasteiger partial charge in [0.1, 0.15) is 30.4 Å². The number of methoxy groups -OCH3 is 1. The fourth-order valence-corrected chi connectivity index (χ4v) is 6.61. The van der Waals surface area contributed by atoms with Gasteiger partial charge in [0.25, 0.3) is 5.56 Å². The minimum atomic E-state index is -0.760. The second-order valence-electron chi connectivity index (χ2n) is 11.0. The summed E-state index contributed by atoms with van der Waals surface area (Å²) >= 11 is 1.26. The molecule has 9 nitrogen and oxygen atoms in total. The third kappa shape index (κ3) is 6.30. The second kappa shape index (κ2) is 13.9. The van der Waals surface area contributed by atoms with E-state index in [1.54, 1.807) is 41.5 Å². The number of rotatable bonds is 11. The first-order valence-corrected chi connectivity index (χ1v) is 16.1. The van der Waals surface area contributed by atoms with Gasteiger partial charge in [-0.05, 0) is 73.5 Å². The van der Waals surface area contributed by atoms with Crippen molar-refractivity contribution in [2.75, 3.05) is 20.3 Å². The zero-order valence-corrected chi connectivity index (χ0v) is 27.7. The smallest absolute Gasteiger partial charge is 0.338 e. The molecule has 0 radical (unpaired) electrons. The molecular formula is C38H34N4O5S. The highest BCUT2D eigenvalue weighted by molar-refractivity contribution is 7.07. The van der Waals surface area contributed by atoms with E-state index in [0.717, 1.165) is 33.7 Å². The van der Waals surface area contributed by atoms with Gasteiger partial charge in [0.05, 0.1) is 34.6 Å². The van der Waals surface area contributed by atoms with Gasteiger partial charge in [0.2, 0.25) is 0 Å². The molecule has 1 aliphatic heterocycles. The number of ether oxygens (including phenoxy) is 3. The predicted molar refractivity (Wildman–Crippen MR) is 187 cm³/mol. The monoisotopic (exact) mass is 658 g/mol. The van der Waals surface area contributed by atoms with Crippen LogP contribution < -0.4 is 24.4 Å². The highest BCUT2D eigenvalue weighted by Gasteiger charge is 2.33. The maximum Gasteiger partial charge on any atom is 0.338 e. The number of carbonyl (C=O) groups is 1. The molecule has 0 fully saturated rings. The third-order valence-corrected chi connectivity index (χ3v) is 8.84. The van der Waals surface area contributed by atoms with E-state index in [0.29, 0.717) is 33.1 Å².